The lowest BCUT2D eigenvalue weighted by molar-refractivity contribution is 0.102. The van der Waals surface area contributed by atoms with E-state index in [2.05, 4.69) is 33.9 Å². The summed E-state index contributed by atoms with van der Waals surface area (Å²) in [5.74, 6) is 0.0645. The molecule has 0 aliphatic rings. The third-order valence-corrected chi connectivity index (χ3v) is 6.59. The highest BCUT2D eigenvalue weighted by Crippen LogP contribution is 2.26. The maximum atomic E-state index is 12.7. The Hall–Kier alpha value is -3.37. The first-order valence-corrected chi connectivity index (χ1v) is 12.2. The Morgan fingerprint density at radius 3 is 2.45 bits per heavy atom. The molecule has 0 bridgehead atoms. The molecule has 0 saturated heterocycles. The number of rotatable bonds is 11. The van der Waals surface area contributed by atoms with Gasteiger partial charge in [-0.3, -0.25) is 14.2 Å². The fraction of sp³-hybridized carbons (Fsp3) is 0.304. The van der Waals surface area contributed by atoms with E-state index in [1.807, 2.05) is 0 Å². The van der Waals surface area contributed by atoms with Crippen LogP contribution in [0.1, 0.15) is 24.2 Å². The van der Waals surface area contributed by atoms with Crippen LogP contribution in [0, 0.1) is 0 Å². The van der Waals surface area contributed by atoms with Gasteiger partial charge in [0.1, 0.15) is 5.75 Å². The third-order valence-electron chi connectivity index (χ3n) is 5.21. The molecule has 0 aliphatic heterocycles. The zero-order valence-electron chi connectivity index (χ0n) is 19.0. The van der Waals surface area contributed by atoms with Gasteiger partial charge in [0.25, 0.3) is 15.9 Å². The number of benzene rings is 2. The van der Waals surface area contributed by atoms with Crippen LogP contribution in [-0.2, 0) is 16.6 Å². The standard InChI is InChI=1S/C23H29N5O4S/c1-4-27(5-2)14-15-28-17-19(16-24-28)25-23(29)18-10-12-20(13-11-18)33(30,31)26-21-8-6-7-9-22(21)32-3/h6-13,16-17,26H,4-5,14-15H2,1-3H3,(H,25,29). The summed E-state index contributed by atoms with van der Waals surface area (Å²) in [4.78, 5) is 14.9. The second-order valence-corrected chi connectivity index (χ2v) is 8.99. The van der Waals surface area contributed by atoms with Gasteiger partial charge in [-0.1, -0.05) is 26.0 Å². The number of likely N-dealkylation sites (N-methyl/N-ethyl adjacent to an activating group) is 1. The zero-order valence-corrected chi connectivity index (χ0v) is 19.8. The molecule has 0 aliphatic carbocycles. The average Bonchev–Trinajstić information content (AvgIpc) is 3.27. The van der Waals surface area contributed by atoms with Crippen molar-refractivity contribution in [3.63, 3.8) is 0 Å². The van der Waals surface area contributed by atoms with Crippen LogP contribution in [0.2, 0.25) is 0 Å². The Kier molecular flexibility index (Phi) is 8.07. The molecule has 0 spiro atoms. The summed E-state index contributed by atoms with van der Waals surface area (Å²) in [7, 11) is -2.37. The molecule has 0 radical (unpaired) electrons. The Labute approximate surface area is 194 Å². The number of anilines is 2. The number of amides is 1. The van der Waals surface area contributed by atoms with Crippen molar-refractivity contribution in [2.24, 2.45) is 0 Å². The molecule has 176 valence electrons. The number of sulfonamides is 1. The van der Waals surface area contributed by atoms with E-state index in [0.717, 1.165) is 26.2 Å². The number of hydrogen-bond donors (Lipinski definition) is 2. The predicted octanol–water partition coefficient (Wildman–Crippen LogP) is 3.29. The van der Waals surface area contributed by atoms with Crippen molar-refractivity contribution in [2.45, 2.75) is 25.3 Å². The van der Waals surface area contributed by atoms with Crippen molar-refractivity contribution >= 4 is 27.3 Å². The highest BCUT2D eigenvalue weighted by molar-refractivity contribution is 7.92. The maximum absolute atomic E-state index is 12.7. The summed E-state index contributed by atoms with van der Waals surface area (Å²) >= 11 is 0. The molecular formula is C23H29N5O4S. The molecule has 3 rings (SSSR count). The SMILES string of the molecule is CCN(CC)CCn1cc(NC(=O)c2ccc(S(=O)(=O)Nc3ccccc3OC)cc2)cn1. The lowest BCUT2D eigenvalue weighted by Gasteiger charge is -2.17. The Balaban J connectivity index is 1.63. The van der Waals surface area contributed by atoms with Gasteiger partial charge in [-0.25, -0.2) is 8.42 Å². The number of para-hydroxylation sites is 2. The molecule has 0 unspecified atom stereocenters. The molecule has 0 saturated carbocycles. The van der Waals surface area contributed by atoms with Crippen LogP contribution in [-0.4, -0.2) is 55.7 Å². The Morgan fingerprint density at radius 2 is 1.79 bits per heavy atom. The van der Waals surface area contributed by atoms with E-state index >= 15 is 0 Å². The number of carbonyl (C=O) groups is 1. The van der Waals surface area contributed by atoms with Crippen molar-refractivity contribution in [3.05, 3.63) is 66.5 Å². The van der Waals surface area contributed by atoms with Crippen LogP contribution in [0.15, 0.2) is 65.8 Å². The highest BCUT2D eigenvalue weighted by Gasteiger charge is 2.17. The smallest absolute Gasteiger partial charge is 0.262 e. The van der Waals surface area contributed by atoms with Crippen molar-refractivity contribution in [3.8, 4) is 5.75 Å². The van der Waals surface area contributed by atoms with E-state index in [-0.39, 0.29) is 10.8 Å². The van der Waals surface area contributed by atoms with Gasteiger partial charge in [0.2, 0.25) is 0 Å². The summed E-state index contributed by atoms with van der Waals surface area (Å²) in [5, 5.41) is 7.07. The Morgan fingerprint density at radius 1 is 1.09 bits per heavy atom. The zero-order chi connectivity index (χ0) is 23.8. The first-order valence-electron chi connectivity index (χ1n) is 10.7. The van der Waals surface area contributed by atoms with Crippen molar-refractivity contribution in [2.75, 3.05) is 36.8 Å². The highest BCUT2D eigenvalue weighted by atomic mass is 32.2. The summed E-state index contributed by atoms with van der Waals surface area (Å²) in [6.45, 7) is 7.78. The molecule has 2 N–H and O–H groups in total. The van der Waals surface area contributed by atoms with Crippen LogP contribution in [0.4, 0.5) is 11.4 Å². The van der Waals surface area contributed by atoms with E-state index in [0.29, 0.717) is 22.7 Å². The largest absolute Gasteiger partial charge is 0.495 e. The van der Waals surface area contributed by atoms with E-state index in [1.165, 1.54) is 31.4 Å². The molecule has 2 aromatic carbocycles. The summed E-state index contributed by atoms with van der Waals surface area (Å²) in [5.41, 5.74) is 1.25. The average molecular weight is 472 g/mol. The number of aromatic nitrogens is 2. The number of ether oxygens (including phenoxy) is 1. The van der Waals surface area contributed by atoms with E-state index < -0.39 is 10.0 Å². The van der Waals surface area contributed by atoms with Crippen molar-refractivity contribution in [1.29, 1.82) is 0 Å². The van der Waals surface area contributed by atoms with Crippen molar-refractivity contribution < 1.29 is 17.9 Å². The van der Waals surface area contributed by atoms with Crippen LogP contribution in [0.3, 0.4) is 0 Å². The van der Waals surface area contributed by atoms with Gasteiger partial charge < -0.3 is 15.0 Å². The first kappa shape index (κ1) is 24.3. The number of hydrogen-bond acceptors (Lipinski definition) is 6. The summed E-state index contributed by atoms with van der Waals surface area (Å²) in [6, 6.07) is 12.4. The lowest BCUT2D eigenvalue weighted by atomic mass is 10.2. The van der Waals surface area contributed by atoms with Gasteiger partial charge in [-0.05, 0) is 49.5 Å². The van der Waals surface area contributed by atoms with Gasteiger partial charge in [0.15, 0.2) is 0 Å². The number of nitrogens with zero attached hydrogens (tertiary/aromatic N) is 3. The van der Waals surface area contributed by atoms with E-state index in [9.17, 15) is 13.2 Å². The molecule has 0 fully saturated rings. The van der Waals surface area contributed by atoms with Gasteiger partial charge in [-0.2, -0.15) is 5.10 Å². The van der Waals surface area contributed by atoms with Crippen LogP contribution >= 0.6 is 0 Å². The minimum atomic E-state index is -3.84. The maximum Gasteiger partial charge on any atom is 0.262 e. The predicted molar refractivity (Wildman–Crippen MR) is 128 cm³/mol. The lowest BCUT2D eigenvalue weighted by Crippen LogP contribution is -2.27. The van der Waals surface area contributed by atoms with E-state index in [1.54, 1.807) is 41.3 Å². The fourth-order valence-electron chi connectivity index (χ4n) is 3.26. The number of carbonyl (C=O) groups excluding carboxylic acids is 1. The van der Waals surface area contributed by atoms with Gasteiger partial charge in [0, 0.05) is 18.3 Å². The fourth-order valence-corrected chi connectivity index (χ4v) is 4.33. The van der Waals surface area contributed by atoms with Gasteiger partial charge in [0.05, 0.1) is 36.1 Å². The summed E-state index contributed by atoms with van der Waals surface area (Å²) < 4.78 is 34.9. The van der Waals surface area contributed by atoms with Crippen LogP contribution in [0.25, 0.3) is 0 Å². The molecule has 9 nitrogen and oxygen atoms in total. The van der Waals surface area contributed by atoms with Crippen molar-refractivity contribution in [1.82, 2.24) is 14.7 Å². The minimum absolute atomic E-state index is 0.0363. The molecular weight excluding hydrogens is 442 g/mol. The van der Waals surface area contributed by atoms with Crippen LogP contribution in [0.5, 0.6) is 5.75 Å². The second-order valence-electron chi connectivity index (χ2n) is 7.30. The molecule has 1 aromatic heterocycles. The monoisotopic (exact) mass is 471 g/mol. The second kappa shape index (κ2) is 11.0. The number of nitrogens with one attached hydrogen (secondary N) is 2. The third kappa shape index (κ3) is 6.33. The first-order chi connectivity index (χ1) is 15.9. The van der Waals surface area contributed by atoms with Gasteiger partial charge >= 0.3 is 0 Å². The Bertz CT molecular complexity index is 1170. The minimum Gasteiger partial charge on any atom is -0.495 e. The van der Waals surface area contributed by atoms with Gasteiger partial charge in [-0.15, -0.1) is 0 Å². The molecule has 3 aromatic rings. The van der Waals surface area contributed by atoms with E-state index in [4.69, 9.17) is 4.74 Å². The quantitative estimate of drug-likeness (QED) is 0.445. The summed E-state index contributed by atoms with van der Waals surface area (Å²) in [6.07, 6.45) is 3.37. The topological polar surface area (TPSA) is 106 Å². The number of methoxy groups -OCH3 is 1. The normalized spacial score (nSPS) is 11.4. The molecule has 33 heavy (non-hydrogen) atoms. The molecule has 1 amide bonds. The van der Waals surface area contributed by atoms with Crippen LogP contribution < -0.4 is 14.8 Å². The molecule has 10 heteroatoms. The molecule has 1 heterocycles. The molecule has 0 atom stereocenters.